The Hall–Kier alpha value is -1.50. The highest BCUT2D eigenvalue weighted by molar-refractivity contribution is 7.80. The molecule has 1 amide bonds. The number of likely N-dealkylation sites (tertiary alicyclic amines) is 1. The molecule has 0 spiro atoms. The van der Waals surface area contributed by atoms with Crippen LogP contribution in [0.3, 0.4) is 0 Å². The number of carbonyl (C=O) groups excluding carboxylic acids is 1. The summed E-state index contributed by atoms with van der Waals surface area (Å²) < 4.78 is 0. The molecule has 1 heterocycles. The van der Waals surface area contributed by atoms with E-state index in [1.54, 1.807) is 31.2 Å². The number of nitrogens with two attached hydrogens (primary N) is 1. The zero-order chi connectivity index (χ0) is 15.4. The van der Waals surface area contributed by atoms with Crippen LogP contribution >= 0.6 is 12.2 Å². The van der Waals surface area contributed by atoms with Crippen LogP contribution in [0.25, 0.3) is 0 Å². The Labute approximate surface area is 130 Å². The Morgan fingerprint density at radius 2 is 2.19 bits per heavy atom. The third-order valence-corrected chi connectivity index (χ3v) is 4.05. The van der Waals surface area contributed by atoms with Crippen molar-refractivity contribution in [3.05, 3.63) is 29.8 Å². The van der Waals surface area contributed by atoms with Gasteiger partial charge in [0, 0.05) is 17.8 Å². The normalized spacial score (nSPS) is 20.2. The molecule has 2 atom stereocenters. The number of aliphatic hydroxyl groups is 1. The van der Waals surface area contributed by atoms with E-state index in [0.29, 0.717) is 11.5 Å². The third-order valence-electron chi connectivity index (χ3n) is 3.81. The van der Waals surface area contributed by atoms with Gasteiger partial charge in [0.25, 0.3) is 0 Å². The molecule has 1 aliphatic heterocycles. The van der Waals surface area contributed by atoms with E-state index in [-0.39, 0.29) is 17.9 Å². The number of thiocarbonyl (C=S) groups is 1. The third kappa shape index (κ3) is 4.49. The SMILES string of the molecule is CC(O)C1CCN(CC(=O)Nc2ccc(C(N)=S)cc2)C1. The van der Waals surface area contributed by atoms with Gasteiger partial charge < -0.3 is 16.2 Å². The number of nitrogens with one attached hydrogen (secondary N) is 1. The molecule has 0 saturated carbocycles. The molecular weight excluding hydrogens is 286 g/mol. The fraction of sp³-hybridized carbons (Fsp3) is 0.467. The molecule has 5 nitrogen and oxygen atoms in total. The van der Waals surface area contributed by atoms with Crippen molar-refractivity contribution < 1.29 is 9.90 Å². The number of aliphatic hydroxyl groups excluding tert-OH is 1. The molecule has 1 aromatic carbocycles. The topological polar surface area (TPSA) is 78.6 Å². The Morgan fingerprint density at radius 1 is 1.52 bits per heavy atom. The molecule has 0 bridgehead atoms. The van der Waals surface area contributed by atoms with Crippen LogP contribution in [-0.4, -0.2) is 46.6 Å². The standard InChI is InChI=1S/C15H21N3O2S/c1-10(19)12-6-7-18(8-12)9-14(20)17-13-4-2-11(3-5-13)15(16)21/h2-5,10,12,19H,6-9H2,1H3,(H2,16,21)(H,17,20). The highest BCUT2D eigenvalue weighted by atomic mass is 32.1. The van der Waals surface area contributed by atoms with Crippen molar-refractivity contribution in [2.75, 3.05) is 25.0 Å². The molecule has 21 heavy (non-hydrogen) atoms. The summed E-state index contributed by atoms with van der Waals surface area (Å²) in [6, 6.07) is 7.15. The second-order valence-corrected chi connectivity index (χ2v) is 5.95. The molecule has 1 saturated heterocycles. The van der Waals surface area contributed by atoms with Gasteiger partial charge in [-0.25, -0.2) is 0 Å². The average Bonchev–Trinajstić information content (AvgIpc) is 2.87. The van der Waals surface area contributed by atoms with Crippen LogP contribution in [-0.2, 0) is 4.79 Å². The Bertz CT molecular complexity index is 516. The van der Waals surface area contributed by atoms with E-state index < -0.39 is 0 Å². The van der Waals surface area contributed by atoms with Crippen molar-refractivity contribution in [2.24, 2.45) is 11.7 Å². The lowest BCUT2D eigenvalue weighted by Crippen LogP contribution is -2.32. The molecule has 1 aromatic rings. The number of carbonyl (C=O) groups is 1. The predicted molar refractivity (Wildman–Crippen MR) is 87.2 cm³/mol. The van der Waals surface area contributed by atoms with Gasteiger partial charge in [-0.2, -0.15) is 0 Å². The quantitative estimate of drug-likeness (QED) is 0.706. The monoisotopic (exact) mass is 307 g/mol. The van der Waals surface area contributed by atoms with Gasteiger partial charge in [-0.05, 0) is 50.1 Å². The second-order valence-electron chi connectivity index (χ2n) is 5.51. The highest BCUT2D eigenvalue weighted by Crippen LogP contribution is 2.19. The molecule has 6 heteroatoms. The average molecular weight is 307 g/mol. The van der Waals surface area contributed by atoms with Gasteiger partial charge in [-0.1, -0.05) is 12.2 Å². The summed E-state index contributed by atoms with van der Waals surface area (Å²) in [7, 11) is 0. The van der Waals surface area contributed by atoms with Crippen molar-refractivity contribution in [2.45, 2.75) is 19.4 Å². The van der Waals surface area contributed by atoms with Crippen LogP contribution in [0, 0.1) is 5.92 Å². The van der Waals surface area contributed by atoms with Crippen LogP contribution in [0.15, 0.2) is 24.3 Å². The van der Waals surface area contributed by atoms with Crippen LogP contribution in [0.5, 0.6) is 0 Å². The fourth-order valence-corrected chi connectivity index (χ4v) is 2.66. The van der Waals surface area contributed by atoms with Gasteiger partial charge >= 0.3 is 0 Å². The van der Waals surface area contributed by atoms with Gasteiger partial charge in [0.1, 0.15) is 4.99 Å². The van der Waals surface area contributed by atoms with E-state index in [1.165, 1.54) is 0 Å². The molecule has 0 aliphatic carbocycles. The molecule has 1 fully saturated rings. The molecule has 4 N–H and O–H groups in total. The molecule has 114 valence electrons. The van der Waals surface area contributed by atoms with E-state index >= 15 is 0 Å². The van der Waals surface area contributed by atoms with Crippen LogP contribution < -0.4 is 11.1 Å². The van der Waals surface area contributed by atoms with Crippen molar-refractivity contribution in [3.63, 3.8) is 0 Å². The maximum absolute atomic E-state index is 12.0. The summed E-state index contributed by atoms with van der Waals surface area (Å²) in [6.07, 6.45) is 0.624. The molecule has 0 aromatic heterocycles. The summed E-state index contributed by atoms with van der Waals surface area (Å²) in [5, 5.41) is 12.4. The van der Waals surface area contributed by atoms with E-state index in [2.05, 4.69) is 10.2 Å². The lowest BCUT2D eigenvalue weighted by atomic mass is 10.0. The molecule has 2 unspecified atom stereocenters. The molecular formula is C15H21N3O2S. The zero-order valence-electron chi connectivity index (χ0n) is 12.1. The number of nitrogens with zero attached hydrogens (tertiary/aromatic N) is 1. The van der Waals surface area contributed by atoms with Crippen molar-refractivity contribution in [1.82, 2.24) is 4.90 Å². The number of anilines is 1. The lowest BCUT2D eigenvalue weighted by molar-refractivity contribution is -0.117. The minimum atomic E-state index is -0.314. The van der Waals surface area contributed by atoms with Crippen molar-refractivity contribution in [1.29, 1.82) is 0 Å². The van der Waals surface area contributed by atoms with E-state index in [0.717, 1.165) is 30.8 Å². The Balaban J connectivity index is 1.83. The first kappa shape index (κ1) is 15.9. The van der Waals surface area contributed by atoms with Crippen LogP contribution in [0.1, 0.15) is 18.9 Å². The van der Waals surface area contributed by atoms with Gasteiger partial charge in [-0.3, -0.25) is 9.69 Å². The van der Waals surface area contributed by atoms with Crippen LogP contribution in [0.4, 0.5) is 5.69 Å². The van der Waals surface area contributed by atoms with Gasteiger partial charge in [0.15, 0.2) is 0 Å². The lowest BCUT2D eigenvalue weighted by Gasteiger charge is -2.17. The second kappa shape index (κ2) is 6.98. The van der Waals surface area contributed by atoms with E-state index in [1.807, 2.05) is 0 Å². The smallest absolute Gasteiger partial charge is 0.238 e. The van der Waals surface area contributed by atoms with Crippen LogP contribution in [0.2, 0.25) is 0 Å². The molecule has 1 aliphatic rings. The van der Waals surface area contributed by atoms with Gasteiger partial charge in [0.05, 0.1) is 12.6 Å². The van der Waals surface area contributed by atoms with Crippen molar-refractivity contribution >= 4 is 28.8 Å². The summed E-state index contributed by atoms with van der Waals surface area (Å²) in [5.74, 6) is 0.215. The van der Waals surface area contributed by atoms with E-state index in [9.17, 15) is 9.90 Å². The van der Waals surface area contributed by atoms with Crippen molar-refractivity contribution in [3.8, 4) is 0 Å². The summed E-state index contributed by atoms with van der Waals surface area (Å²) in [5.41, 5.74) is 7.04. The first-order chi connectivity index (χ1) is 9.95. The Morgan fingerprint density at radius 3 is 2.71 bits per heavy atom. The molecule has 0 radical (unpaired) electrons. The minimum absolute atomic E-state index is 0.0516. The maximum atomic E-state index is 12.0. The zero-order valence-corrected chi connectivity index (χ0v) is 12.9. The largest absolute Gasteiger partial charge is 0.393 e. The van der Waals surface area contributed by atoms with E-state index in [4.69, 9.17) is 18.0 Å². The number of benzene rings is 1. The summed E-state index contributed by atoms with van der Waals surface area (Å²) in [6.45, 7) is 3.77. The number of amides is 1. The molecule has 2 rings (SSSR count). The van der Waals surface area contributed by atoms with Gasteiger partial charge in [-0.15, -0.1) is 0 Å². The minimum Gasteiger partial charge on any atom is -0.393 e. The maximum Gasteiger partial charge on any atom is 0.238 e. The number of hydrogen-bond acceptors (Lipinski definition) is 4. The highest BCUT2D eigenvalue weighted by Gasteiger charge is 2.26. The Kier molecular flexibility index (Phi) is 5.27. The fourth-order valence-electron chi connectivity index (χ4n) is 2.52. The van der Waals surface area contributed by atoms with Gasteiger partial charge in [0.2, 0.25) is 5.91 Å². The summed E-state index contributed by atoms with van der Waals surface area (Å²) in [4.78, 5) is 14.4. The first-order valence-corrected chi connectivity index (χ1v) is 7.46. The summed E-state index contributed by atoms with van der Waals surface area (Å²) >= 11 is 4.88. The number of rotatable bonds is 5. The first-order valence-electron chi connectivity index (χ1n) is 7.06. The number of hydrogen-bond donors (Lipinski definition) is 3. The predicted octanol–water partition coefficient (Wildman–Crippen LogP) is 0.962.